The van der Waals surface area contributed by atoms with Gasteiger partial charge in [-0.1, -0.05) is 139 Å². The van der Waals surface area contributed by atoms with Crippen LogP contribution in [0.1, 0.15) is 5.56 Å². The van der Waals surface area contributed by atoms with E-state index in [1.54, 1.807) is 0 Å². The van der Waals surface area contributed by atoms with Crippen LogP contribution in [0.2, 0.25) is 0 Å². The normalized spacial score (nSPS) is 11.4. The molecule has 0 aliphatic carbocycles. The summed E-state index contributed by atoms with van der Waals surface area (Å²) in [5.41, 5.74) is 8.88. The molecule has 0 bridgehead atoms. The van der Waals surface area contributed by atoms with Crippen LogP contribution in [0.15, 0.2) is 140 Å². The molecule has 0 aromatic heterocycles. The molecule has 7 aromatic rings. The Bertz CT molecular complexity index is 1900. The molecule has 0 heterocycles. The Morgan fingerprint density at radius 3 is 1.73 bits per heavy atom. The van der Waals surface area contributed by atoms with Crippen LogP contribution >= 0.6 is 0 Å². The quantitative estimate of drug-likeness (QED) is 0.225. The lowest BCUT2D eigenvalue weighted by atomic mass is 9.84. The number of hydrogen-bond acceptors (Lipinski definition) is 0. The smallest absolute Gasteiger partial charge is 0.00201 e. The van der Waals surface area contributed by atoms with Crippen LogP contribution in [0, 0.1) is 6.92 Å². The summed E-state index contributed by atoms with van der Waals surface area (Å²) in [6.07, 6.45) is 0. The van der Waals surface area contributed by atoms with Crippen LogP contribution in [0.5, 0.6) is 0 Å². The molecule has 7 aromatic carbocycles. The Balaban J connectivity index is 1.66. The Hall–Kier alpha value is -4.68. The molecule has 0 aliphatic heterocycles. The van der Waals surface area contributed by atoms with Crippen LogP contribution in [0.3, 0.4) is 0 Å². The highest BCUT2D eigenvalue weighted by molar-refractivity contribution is 6.24. The highest BCUT2D eigenvalue weighted by Gasteiger charge is 2.18. The van der Waals surface area contributed by atoms with Crippen molar-refractivity contribution in [3.8, 4) is 33.4 Å². The van der Waals surface area contributed by atoms with Crippen molar-refractivity contribution in [3.63, 3.8) is 0 Å². The van der Waals surface area contributed by atoms with E-state index in [1.165, 1.54) is 71.3 Å². The van der Waals surface area contributed by atoms with Gasteiger partial charge in [-0.15, -0.1) is 0 Å². The van der Waals surface area contributed by atoms with Gasteiger partial charge in [-0.2, -0.15) is 0 Å². The zero-order chi connectivity index (χ0) is 24.8. The van der Waals surface area contributed by atoms with Crippen LogP contribution < -0.4 is 0 Å². The van der Waals surface area contributed by atoms with Gasteiger partial charge in [0.15, 0.2) is 0 Å². The van der Waals surface area contributed by atoms with E-state index in [2.05, 4.69) is 146 Å². The number of hydrogen-bond donors (Lipinski definition) is 0. The topological polar surface area (TPSA) is 0 Å². The van der Waals surface area contributed by atoms with E-state index >= 15 is 0 Å². The third-order valence-electron chi connectivity index (χ3n) is 7.53. The number of benzene rings is 7. The van der Waals surface area contributed by atoms with Gasteiger partial charge in [0, 0.05) is 0 Å². The van der Waals surface area contributed by atoms with Crippen molar-refractivity contribution >= 4 is 32.3 Å². The van der Waals surface area contributed by atoms with Crippen molar-refractivity contribution in [2.75, 3.05) is 0 Å². The van der Waals surface area contributed by atoms with Crippen molar-refractivity contribution in [3.05, 3.63) is 145 Å². The molecule has 174 valence electrons. The average Bonchev–Trinajstić information content (AvgIpc) is 2.96. The van der Waals surface area contributed by atoms with Gasteiger partial charge < -0.3 is 0 Å². The van der Waals surface area contributed by atoms with Gasteiger partial charge in [0.1, 0.15) is 0 Å². The molecule has 0 atom stereocenters. The van der Waals surface area contributed by atoms with E-state index in [9.17, 15) is 0 Å². The van der Waals surface area contributed by atoms with E-state index in [0.29, 0.717) is 0 Å². The molecule has 0 aliphatic rings. The van der Waals surface area contributed by atoms with E-state index in [-0.39, 0.29) is 0 Å². The predicted octanol–water partition coefficient (Wildman–Crippen LogP) is 10.5. The molecule has 0 amide bonds. The van der Waals surface area contributed by atoms with E-state index in [1.807, 2.05) is 0 Å². The highest BCUT2D eigenvalue weighted by Crippen LogP contribution is 2.46. The van der Waals surface area contributed by atoms with Crippen molar-refractivity contribution in [1.82, 2.24) is 0 Å². The third-order valence-corrected chi connectivity index (χ3v) is 7.53. The van der Waals surface area contributed by atoms with E-state index < -0.39 is 0 Å². The second-order valence-electron chi connectivity index (χ2n) is 9.81. The number of rotatable bonds is 3. The molecule has 0 saturated carbocycles. The summed E-state index contributed by atoms with van der Waals surface area (Å²) in [7, 11) is 0. The van der Waals surface area contributed by atoms with Crippen LogP contribution in [-0.4, -0.2) is 0 Å². The molecular weight excluding hydrogens is 444 g/mol. The maximum absolute atomic E-state index is 2.39. The first-order chi connectivity index (χ1) is 18.3. The van der Waals surface area contributed by atoms with Gasteiger partial charge in [-0.25, -0.2) is 0 Å². The first-order valence-corrected chi connectivity index (χ1v) is 12.9. The fourth-order valence-electron chi connectivity index (χ4n) is 5.75. The third kappa shape index (κ3) is 3.61. The highest BCUT2D eigenvalue weighted by atomic mass is 14.2. The van der Waals surface area contributed by atoms with Gasteiger partial charge in [-0.3, -0.25) is 0 Å². The summed E-state index contributed by atoms with van der Waals surface area (Å²) in [4.78, 5) is 0. The molecule has 0 saturated heterocycles. The van der Waals surface area contributed by atoms with Gasteiger partial charge in [0.25, 0.3) is 0 Å². The zero-order valence-corrected chi connectivity index (χ0v) is 20.8. The van der Waals surface area contributed by atoms with Crippen LogP contribution in [-0.2, 0) is 0 Å². The molecule has 0 unspecified atom stereocenters. The molecule has 0 nitrogen and oxygen atoms in total. The minimum Gasteiger partial charge on any atom is -0.0622 e. The zero-order valence-electron chi connectivity index (χ0n) is 20.8. The molecule has 0 radical (unpaired) electrons. The van der Waals surface area contributed by atoms with Gasteiger partial charge in [0.2, 0.25) is 0 Å². The lowest BCUT2D eigenvalue weighted by Crippen LogP contribution is -1.92. The summed E-state index contributed by atoms with van der Waals surface area (Å²) >= 11 is 0. The summed E-state index contributed by atoms with van der Waals surface area (Å²) in [6.45, 7) is 2.14. The maximum Gasteiger partial charge on any atom is -0.00201 e. The minimum absolute atomic E-state index is 1.24. The molecular formula is C37H26. The minimum atomic E-state index is 1.24. The monoisotopic (exact) mass is 470 g/mol. The second kappa shape index (κ2) is 8.76. The van der Waals surface area contributed by atoms with Gasteiger partial charge in [-0.05, 0) is 78.7 Å². The molecule has 0 spiro atoms. The molecule has 7 rings (SSSR count). The maximum atomic E-state index is 2.39. The fraction of sp³-hybridized carbons (Fsp3) is 0.0270. The van der Waals surface area contributed by atoms with Gasteiger partial charge in [0.05, 0.1) is 0 Å². The number of fused-ring (bicyclic) bond motifs is 3. The Morgan fingerprint density at radius 1 is 0.351 bits per heavy atom. The Labute approximate surface area is 217 Å². The lowest BCUT2D eigenvalue weighted by molar-refractivity contribution is 1.47. The Morgan fingerprint density at radius 2 is 0.946 bits per heavy atom. The molecule has 0 heteroatoms. The average molecular weight is 471 g/mol. The van der Waals surface area contributed by atoms with Crippen molar-refractivity contribution < 1.29 is 0 Å². The second-order valence-corrected chi connectivity index (χ2v) is 9.81. The predicted molar refractivity (Wildman–Crippen MR) is 160 cm³/mol. The lowest BCUT2D eigenvalue weighted by Gasteiger charge is -2.19. The Kier molecular flexibility index (Phi) is 5.11. The SMILES string of the molecule is Cc1ccc(-c2ccc3c(-c4cccc5ccccc45)c4ccccc4c(-c4ccccc4)c3c2)cc1. The van der Waals surface area contributed by atoms with Crippen molar-refractivity contribution in [2.45, 2.75) is 6.92 Å². The fourth-order valence-corrected chi connectivity index (χ4v) is 5.75. The first kappa shape index (κ1) is 21.6. The number of aryl methyl sites for hydroxylation is 1. The largest absolute Gasteiger partial charge is 0.0622 e. The molecule has 37 heavy (non-hydrogen) atoms. The van der Waals surface area contributed by atoms with E-state index in [4.69, 9.17) is 0 Å². The van der Waals surface area contributed by atoms with E-state index in [0.717, 1.165) is 0 Å². The summed E-state index contributed by atoms with van der Waals surface area (Å²) in [6, 6.07) is 51.0. The van der Waals surface area contributed by atoms with Crippen LogP contribution in [0.25, 0.3) is 65.7 Å². The summed E-state index contributed by atoms with van der Waals surface area (Å²) in [5.74, 6) is 0. The van der Waals surface area contributed by atoms with Crippen molar-refractivity contribution in [2.24, 2.45) is 0 Å². The summed E-state index contributed by atoms with van der Waals surface area (Å²) < 4.78 is 0. The van der Waals surface area contributed by atoms with Crippen LogP contribution in [0.4, 0.5) is 0 Å². The summed E-state index contributed by atoms with van der Waals surface area (Å²) in [5, 5.41) is 7.68. The molecule has 0 N–H and O–H groups in total. The first-order valence-electron chi connectivity index (χ1n) is 12.9. The molecule has 0 fully saturated rings. The standard InChI is InChI=1S/C37H26/c1-25-18-20-26(21-19-25)29-22-23-34-35(24-29)36(28-11-3-2-4-12-28)32-15-7-8-16-33(32)37(34)31-17-9-13-27-10-5-6-14-30(27)31/h2-24H,1H3. The van der Waals surface area contributed by atoms with Crippen molar-refractivity contribution in [1.29, 1.82) is 0 Å². The van der Waals surface area contributed by atoms with Gasteiger partial charge >= 0.3 is 0 Å².